The smallest absolute Gasteiger partial charge is 0.227 e. The summed E-state index contributed by atoms with van der Waals surface area (Å²) in [6, 6.07) is 33.8. The summed E-state index contributed by atoms with van der Waals surface area (Å²) in [5, 5.41) is 2.07. The largest absolute Gasteiger partial charge is 0.437 e. The number of hydrogen-bond donors (Lipinski definition) is 0. The molecule has 0 amide bonds. The first-order chi connectivity index (χ1) is 18.1. The van der Waals surface area contributed by atoms with Crippen molar-refractivity contribution in [3.63, 3.8) is 0 Å². The van der Waals surface area contributed by atoms with E-state index in [4.69, 9.17) is 9.40 Å². The molecule has 0 spiro atoms. The lowest BCUT2D eigenvalue weighted by atomic mass is 9.98. The van der Waals surface area contributed by atoms with Crippen molar-refractivity contribution in [3.05, 3.63) is 114 Å². The van der Waals surface area contributed by atoms with Crippen molar-refractivity contribution in [1.29, 1.82) is 0 Å². The molecule has 7 rings (SSSR count). The maximum atomic E-state index is 6.38. The van der Waals surface area contributed by atoms with E-state index in [1.807, 2.05) is 19.1 Å². The molecule has 7 aromatic rings. The maximum absolute atomic E-state index is 6.38. The van der Waals surface area contributed by atoms with Crippen molar-refractivity contribution in [1.82, 2.24) is 14.5 Å². The van der Waals surface area contributed by atoms with Gasteiger partial charge in [0, 0.05) is 16.5 Å². The molecule has 0 bridgehead atoms. The van der Waals surface area contributed by atoms with E-state index in [-0.39, 0.29) is 0 Å². The van der Waals surface area contributed by atoms with Gasteiger partial charge < -0.3 is 4.42 Å². The normalized spacial score (nSPS) is 11.6. The van der Waals surface area contributed by atoms with Gasteiger partial charge >= 0.3 is 0 Å². The van der Waals surface area contributed by atoms with E-state index in [0.717, 1.165) is 50.2 Å². The number of nitrogens with zero attached hydrogens (tertiary/aromatic N) is 3. The summed E-state index contributed by atoms with van der Waals surface area (Å²) in [5.41, 5.74) is 11.3. The van der Waals surface area contributed by atoms with Crippen LogP contribution in [0.25, 0.3) is 61.3 Å². The summed E-state index contributed by atoms with van der Waals surface area (Å²) in [5.74, 6) is 0.862. The quantitative estimate of drug-likeness (QED) is 0.255. The second-order valence-electron chi connectivity index (χ2n) is 9.67. The van der Waals surface area contributed by atoms with E-state index in [0.29, 0.717) is 5.71 Å². The summed E-state index contributed by atoms with van der Waals surface area (Å²) in [4.78, 5) is 9.79. The highest BCUT2D eigenvalue weighted by Crippen LogP contribution is 2.39. The lowest BCUT2D eigenvalue weighted by molar-refractivity contribution is 0.653. The third kappa shape index (κ3) is 3.37. The average Bonchev–Trinajstić information content (AvgIpc) is 3.47. The second kappa shape index (κ2) is 8.17. The molecule has 4 heteroatoms. The van der Waals surface area contributed by atoms with E-state index >= 15 is 0 Å². The number of benzene rings is 4. The summed E-state index contributed by atoms with van der Waals surface area (Å²) in [6.07, 6.45) is 0. The zero-order valence-corrected chi connectivity index (χ0v) is 21.0. The van der Waals surface area contributed by atoms with Crippen molar-refractivity contribution in [3.8, 4) is 28.2 Å². The van der Waals surface area contributed by atoms with E-state index in [9.17, 15) is 0 Å². The highest BCUT2D eigenvalue weighted by molar-refractivity contribution is 6.08. The molecule has 37 heavy (non-hydrogen) atoms. The van der Waals surface area contributed by atoms with Gasteiger partial charge in [0.05, 0.1) is 22.3 Å². The van der Waals surface area contributed by atoms with Crippen LogP contribution in [0.2, 0.25) is 0 Å². The topological polar surface area (TPSA) is 43.9 Å². The Kier molecular flexibility index (Phi) is 4.76. The standard InChI is InChI=1S/C33H25N3O/c1-20-18-24(23-10-5-4-6-11-23)19-21(2)30(20)36-29-15-8-7-14-28(29)35-32(36)27-13-9-12-25-26-17-16-22(3)34-33(26)37-31(25)27/h4-19H,1-3H3. The minimum absolute atomic E-state index is 0.657. The van der Waals surface area contributed by atoms with Crippen LogP contribution in [0, 0.1) is 20.8 Å². The first-order valence-electron chi connectivity index (χ1n) is 12.5. The third-order valence-corrected chi connectivity index (χ3v) is 7.13. The number of aryl methyl sites for hydroxylation is 3. The van der Waals surface area contributed by atoms with E-state index < -0.39 is 0 Å². The van der Waals surface area contributed by atoms with Crippen LogP contribution in [0.5, 0.6) is 0 Å². The van der Waals surface area contributed by atoms with Gasteiger partial charge in [0.1, 0.15) is 11.4 Å². The molecule has 0 atom stereocenters. The molecule has 0 radical (unpaired) electrons. The number of hydrogen-bond acceptors (Lipinski definition) is 3. The van der Waals surface area contributed by atoms with Crippen molar-refractivity contribution >= 4 is 33.1 Å². The number of imidazole rings is 1. The van der Waals surface area contributed by atoms with Crippen LogP contribution in [-0.4, -0.2) is 14.5 Å². The maximum Gasteiger partial charge on any atom is 0.227 e. The molecule has 0 saturated heterocycles. The van der Waals surface area contributed by atoms with E-state index in [1.165, 1.54) is 22.3 Å². The van der Waals surface area contributed by atoms with Gasteiger partial charge in [-0.05, 0) is 85.5 Å². The molecule has 3 aromatic heterocycles. The SMILES string of the molecule is Cc1ccc2c(n1)oc1c(-c3nc4ccccc4n3-c3c(C)cc(-c4ccccc4)cc3C)cccc12. The Morgan fingerprint density at radius 1 is 0.649 bits per heavy atom. The van der Waals surface area contributed by atoms with Crippen molar-refractivity contribution < 1.29 is 4.42 Å². The van der Waals surface area contributed by atoms with Crippen molar-refractivity contribution in [2.75, 3.05) is 0 Å². The van der Waals surface area contributed by atoms with Gasteiger partial charge in [0.15, 0.2) is 0 Å². The van der Waals surface area contributed by atoms with E-state index in [2.05, 4.69) is 108 Å². The lowest BCUT2D eigenvalue weighted by Gasteiger charge is -2.17. The predicted octanol–water partition coefficient (Wildman–Crippen LogP) is 8.58. The van der Waals surface area contributed by atoms with Gasteiger partial charge in [-0.15, -0.1) is 0 Å². The summed E-state index contributed by atoms with van der Waals surface area (Å²) in [6.45, 7) is 6.35. The minimum Gasteiger partial charge on any atom is -0.437 e. The fourth-order valence-corrected chi connectivity index (χ4v) is 5.49. The molecule has 0 aliphatic rings. The molecule has 178 valence electrons. The number of aromatic nitrogens is 3. The average molecular weight is 480 g/mol. The Hall–Kier alpha value is -4.70. The second-order valence-corrected chi connectivity index (χ2v) is 9.67. The van der Waals surface area contributed by atoms with Gasteiger partial charge in [0.2, 0.25) is 5.71 Å². The van der Waals surface area contributed by atoms with E-state index in [1.54, 1.807) is 0 Å². The highest BCUT2D eigenvalue weighted by Gasteiger charge is 2.22. The summed E-state index contributed by atoms with van der Waals surface area (Å²) in [7, 11) is 0. The summed E-state index contributed by atoms with van der Waals surface area (Å²) < 4.78 is 8.67. The summed E-state index contributed by atoms with van der Waals surface area (Å²) >= 11 is 0. The van der Waals surface area contributed by atoms with Crippen LogP contribution in [0.1, 0.15) is 16.8 Å². The molecule has 0 aliphatic carbocycles. The number of para-hydroxylation sites is 3. The first kappa shape index (κ1) is 21.6. The van der Waals surface area contributed by atoms with Gasteiger partial charge in [-0.1, -0.05) is 54.6 Å². The zero-order valence-electron chi connectivity index (χ0n) is 21.0. The van der Waals surface area contributed by atoms with Crippen LogP contribution in [-0.2, 0) is 0 Å². The molecule has 0 aliphatic heterocycles. The first-order valence-corrected chi connectivity index (χ1v) is 12.5. The molecule has 0 N–H and O–H groups in total. The van der Waals surface area contributed by atoms with Gasteiger partial charge in [-0.3, -0.25) is 4.57 Å². The van der Waals surface area contributed by atoms with Crippen molar-refractivity contribution in [2.45, 2.75) is 20.8 Å². The Labute approximate surface area is 214 Å². The van der Waals surface area contributed by atoms with Crippen LogP contribution in [0.3, 0.4) is 0 Å². The molecule has 0 fully saturated rings. The number of furan rings is 1. The van der Waals surface area contributed by atoms with Crippen LogP contribution in [0.15, 0.2) is 101 Å². The number of rotatable bonds is 3. The molecular formula is C33H25N3O. The predicted molar refractivity (Wildman–Crippen MR) is 151 cm³/mol. The monoisotopic (exact) mass is 479 g/mol. The number of pyridine rings is 1. The van der Waals surface area contributed by atoms with Crippen LogP contribution >= 0.6 is 0 Å². The Bertz CT molecular complexity index is 1940. The lowest BCUT2D eigenvalue weighted by Crippen LogP contribution is -2.03. The van der Waals surface area contributed by atoms with Crippen LogP contribution < -0.4 is 0 Å². The minimum atomic E-state index is 0.657. The molecular weight excluding hydrogens is 454 g/mol. The Morgan fingerprint density at radius 2 is 1.41 bits per heavy atom. The van der Waals surface area contributed by atoms with Gasteiger partial charge in [-0.2, -0.15) is 0 Å². The van der Waals surface area contributed by atoms with Crippen LogP contribution in [0.4, 0.5) is 0 Å². The Morgan fingerprint density at radius 3 is 2.22 bits per heavy atom. The van der Waals surface area contributed by atoms with Gasteiger partial charge in [0.25, 0.3) is 0 Å². The van der Waals surface area contributed by atoms with Crippen molar-refractivity contribution in [2.24, 2.45) is 0 Å². The molecule has 4 nitrogen and oxygen atoms in total. The highest BCUT2D eigenvalue weighted by atomic mass is 16.3. The Balaban J connectivity index is 1.53. The molecule has 3 heterocycles. The zero-order chi connectivity index (χ0) is 25.1. The third-order valence-electron chi connectivity index (χ3n) is 7.13. The number of fused-ring (bicyclic) bond motifs is 4. The molecule has 0 saturated carbocycles. The molecule has 0 unspecified atom stereocenters. The fraction of sp³-hybridized carbons (Fsp3) is 0.0909. The molecule has 4 aromatic carbocycles. The van der Waals surface area contributed by atoms with Gasteiger partial charge in [-0.25, -0.2) is 9.97 Å². The fourth-order valence-electron chi connectivity index (χ4n) is 5.49.